The van der Waals surface area contributed by atoms with E-state index in [4.69, 9.17) is 9.94 Å². The van der Waals surface area contributed by atoms with Crippen LogP contribution in [0, 0.1) is 16.7 Å². The van der Waals surface area contributed by atoms with E-state index in [0.29, 0.717) is 12.3 Å². The molecule has 0 aromatic carbocycles. The maximum absolute atomic E-state index is 12.0. The van der Waals surface area contributed by atoms with Crippen LogP contribution in [0.4, 0.5) is 0 Å². The van der Waals surface area contributed by atoms with Gasteiger partial charge in [-0.25, -0.2) is 5.48 Å². The molecule has 2 saturated carbocycles. The van der Waals surface area contributed by atoms with Gasteiger partial charge < -0.3 is 9.94 Å². The summed E-state index contributed by atoms with van der Waals surface area (Å²) in [5, 5.41) is 21.4. The topological polar surface area (TPSA) is 91.2 Å². The Labute approximate surface area is 98.6 Å². The lowest BCUT2D eigenvalue weighted by molar-refractivity contribution is -0.150. The minimum atomic E-state index is -1.30. The molecule has 3 N–H and O–H groups in total. The van der Waals surface area contributed by atoms with Crippen molar-refractivity contribution in [2.75, 3.05) is 6.61 Å². The second kappa shape index (κ2) is 2.81. The van der Waals surface area contributed by atoms with Crippen LogP contribution >= 0.6 is 0 Å². The Hall–Kier alpha value is -1.14. The van der Waals surface area contributed by atoms with Gasteiger partial charge in [0.05, 0.1) is 6.61 Å². The lowest BCUT2D eigenvalue weighted by Gasteiger charge is -2.39. The highest BCUT2D eigenvalue weighted by Crippen LogP contribution is 2.73. The summed E-state index contributed by atoms with van der Waals surface area (Å²) >= 11 is 0. The first-order chi connectivity index (χ1) is 7.98. The first-order valence-electron chi connectivity index (χ1n) is 5.79. The van der Waals surface area contributed by atoms with E-state index in [-0.39, 0.29) is 11.3 Å². The summed E-state index contributed by atoms with van der Waals surface area (Å²) < 4.78 is 5.67. The van der Waals surface area contributed by atoms with Crippen LogP contribution in [0.5, 0.6) is 0 Å². The van der Waals surface area contributed by atoms with Gasteiger partial charge in [0.1, 0.15) is 5.71 Å². The van der Waals surface area contributed by atoms with E-state index in [1.165, 1.54) is 0 Å². The van der Waals surface area contributed by atoms with Gasteiger partial charge in [-0.1, -0.05) is 19.0 Å². The predicted octanol–water partition coefficient (Wildman–Crippen LogP) is 0.527. The molecule has 0 radical (unpaired) electrons. The predicted molar refractivity (Wildman–Crippen MR) is 56.8 cm³/mol. The first-order valence-corrected chi connectivity index (χ1v) is 5.79. The van der Waals surface area contributed by atoms with Gasteiger partial charge in [0.2, 0.25) is 0 Å². The van der Waals surface area contributed by atoms with E-state index < -0.39 is 16.9 Å². The zero-order valence-corrected chi connectivity index (χ0v) is 9.86. The van der Waals surface area contributed by atoms with Crippen LogP contribution in [0.15, 0.2) is 5.16 Å². The van der Waals surface area contributed by atoms with Crippen LogP contribution in [-0.4, -0.2) is 34.2 Å². The highest BCUT2D eigenvalue weighted by atomic mass is 16.5. The molecule has 1 heterocycles. The number of ether oxygens (including phenoxy) is 1. The number of amides is 1. The third kappa shape index (κ3) is 0.788. The number of nitrogens with zero attached hydrogens (tertiary/aromatic N) is 1. The summed E-state index contributed by atoms with van der Waals surface area (Å²) in [5.74, 6) is -0.567. The quantitative estimate of drug-likeness (QED) is 0.354. The SMILES string of the molecule is C[C@@]12CC[C@H]3/C(=N\O)[C@@]1(C(=O)NO)OC[C@]32C. The molecule has 17 heavy (non-hydrogen) atoms. The second-order valence-electron chi connectivity index (χ2n) is 5.74. The lowest BCUT2D eigenvalue weighted by Crippen LogP contribution is -2.60. The molecule has 6 nitrogen and oxygen atoms in total. The van der Waals surface area contributed by atoms with E-state index in [0.717, 1.165) is 12.8 Å². The first kappa shape index (κ1) is 11.0. The molecule has 94 valence electrons. The normalized spacial score (nSPS) is 53.4. The van der Waals surface area contributed by atoms with Crippen molar-refractivity contribution in [3.05, 3.63) is 0 Å². The highest BCUT2D eigenvalue weighted by molar-refractivity contribution is 6.17. The minimum Gasteiger partial charge on any atom is -0.411 e. The van der Waals surface area contributed by atoms with Gasteiger partial charge in [-0.15, -0.1) is 0 Å². The Kier molecular flexibility index (Phi) is 1.82. The number of hydrogen-bond donors (Lipinski definition) is 3. The maximum atomic E-state index is 12.0. The van der Waals surface area contributed by atoms with E-state index in [9.17, 15) is 10.0 Å². The van der Waals surface area contributed by atoms with Crippen molar-refractivity contribution < 1.29 is 19.9 Å². The molecule has 3 aliphatic rings. The van der Waals surface area contributed by atoms with Gasteiger partial charge in [-0.2, -0.15) is 0 Å². The van der Waals surface area contributed by atoms with Crippen molar-refractivity contribution in [2.24, 2.45) is 21.9 Å². The fourth-order valence-electron chi connectivity index (χ4n) is 4.37. The van der Waals surface area contributed by atoms with Crippen LogP contribution in [0.1, 0.15) is 26.7 Å². The minimum absolute atomic E-state index is 0.0588. The van der Waals surface area contributed by atoms with Crippen molar-refractivity contribution in [3.63, 3.8) is 0 Å². The average molecular weight is 240 g/mol. The third-order valence-electron chi connectivity index (χ3n) is 5.55. The number of nitrogens with one attached hydrogen (secondary N) is 1. The Balaban J connectivity index is 2.25. The van der Waals surface area contributed by atoms with Gasteiger partial charge in [0.15, 0.2) is 5.60 Å². The Morgan fingerprint density at radius 3 is 2.88 bits per heavy atom. The molecule has 4 bridgehead atoms. The number of hydroxylamine groups is 1. The van der Waals surface area contributed by atoms with Crippen LogP contribution in [0.3, 0.4) is 0 Å². The molecule has 3 rings (SSSR count). The monoisotopic (exact) mass is 240 g/mol. The van der Waals surface area contributed by atoms with Gasteiger partial charge in [-0.05, 0) is 12.8 Å². The van der Waals surface area contributed by atoms with Gasteiger partial charge in [-0.3, -0.25) is 10.0 Å². The smallest absolute Gasteiger partial charge is 0.282 e. The fourth-order valence-corrected chi connectivity index (χ4v) is 4.37. The zero-order chi connectivity index (χ0) is 12.5. The van der Waals surface area contributed by atoms with E-state index >= 15 is 0 Å². The average Bonchev–Trinajstić information content (AvgIpc) is 2.78. The standard InChI is InChI=1S/C11H16N2O4/c1-9-5-17-11(8(14)13-16)7(12-15)6(9)3-4-10(9,11)2/h6,15-16H,3-5H2,1-2H3,(H,13,14)/b12-7+/t6-,9+,10-,11-/m0/s1. The fraction of sp³-hybridized carbons (Fsp3) is 0.818. The Morgan fingerprint density at radius 2 is 2.29 bits per heavy atom. The highest BCUT2D eigenvalue weighted by Gasteiger charge is 2.82. The number of carbonyl (C=O) groups is 1. The largest absolute Gasteiger partial charge is 0.411 e. The zero-order valence-electron chi connectivity index (χ0n) is 9.86. The van der Waals surface area contributed by atoms with Crippen molar-refractivity contribution in [3.8, 4) is 0 Å². The molecule has 2 aliphatic carbocycles. The van der Waals surface area contributed by atoms with Crippen LogP contribution in [-0.2, 0) is 9.53 Å². The van der Waals surface area contributed by atoms with Crippen LogP contribution < -0.4 is 5.48 Å². The Bertz CT molecular complexity index is 437. The number of hydrogen-bond acceptors (Lipinski definition) is 5. The maximum Gasteiger partial charge on any atom is 0.282 e. The molecule has 4 atom stereocenters. The lowest BCUT2D eigenvalue weighted by atomic mass is 9.66. The Morgan fingerprint density at radius 1 is 1.59 bits per heavy atom. The molecule has 0 spiro atoms. The number of rotatable bonds is 1. The van der Waals surface area contributed by atoms with Gasteiger partial charge in [0, 0.05) is 16.7 Å². The van der Waals surface area contributed by atoms with Crippen LogP contribution in [0.2, 0.25) is 0 Å². The molecule has 0 unspecified atom stereocenters. The summed E-state index contributed by atoms with van der Waals surface area (Å²) in [6, 6.07) is 0. The molecule has 0 aromatic rings. The molecule has 3 fully saturated rings. The third-order valence-corrected chi connectivity index (χ3v) is 5.55. The van der Waals surface area contributed by atoms with E-state index in [1.54, 1.807) is 5.48 Å². The van der Waals surface area contributed by atoms with Gasteiger partial charge in [0.25, 0.3) is 5.91 Å². The van der Waals surface area contributed by atoms with Gasteiger partial charge >= 0.3 is 0 Å². The molecule has 6 heteroatoms. The number of oxime groups is 1. The summed E-state index contributed by atoms with van der Waals surface area (Å²) in [4.78, 5) is 12.0. The molecular formula is C11H16N2O4. The van der Waals surface area contributed by atoms with E-state index in [2.05, 4.69) is 12.1 Å². The molecule has 1 saturated heterocycles. The van der Waals surface area contributed by atoms with Crippen molar-refractivity contribution in [1.29, 1.82) is 0 Å². The van der Waals surface area contributed by atoms with E-state index in [1.807, 2.05) is 6.92 Å². The summed E-state index contributed by atoms with van der Waals surface area (Å²) in [7, 11) is 0. The summed E-state index contributed by atoms with van der Waals surface area (Å²) in [6.45, 7) is 4.50. The molecule has 1 amide bonds. The summed E-state index contributed by atoms with van der Waals surface area (Å²) in [5.41, 5.74) is 0.120. The van der Waals surface area contributed by atoms with Crippen LogP contribution in [0.25, 0.3) is 0 Å². The second-order valence-corrected chi connectivity index (χ2v) is 5.74. The number of carbonyl (C=O) groups excluding carboxylic acids is 1. The van der Waals surface area contributed by atoms with Crippen molar-refractivity contribution >= 4 is 11.6 Å². The molecule has 0 aromatic heterocycles. The summed E-state index contributed by atoms with van der Waals surface area (Å²) in [6.07, 6.45) is 1.73. The van der Waals surface area contributed by atoms with Crippen molar-refractivity contribution in [2.45, 2.75) is 32.3 Å². The van der Waals surface area contributed by atoms with Crippen molar-refractivity contribution in [1.82, 2.24) is 5.48 Å². The molecular weight excluding hydrogens is 224 g/mol. The molecule has 1 aliphatic heterocycles.